The van der Waals surface area contributed by atoms with E-state index in [0.29, 0.717) is 23.4 Å². The standard InChI is InChI=1S/C19H21F2N3O2/c1-3-22-19(26)14-5-4-6-15(9-14)24-18(25)11-23-12(2)13-7-8-16(20)17(21)10-13/h4-10,12,23H,3,11H2,1-2H3,(H,22,26)(H,24,25)/p+1/t12-/m0/s1. The zero-order valence-electron chi connectivity index (χ0n) is 14.7. The monoisotopic (exact) mass is 362 g/mol. The number of rotatable bonds is 7. The normalized spacial score (nSPS) is 11.7. The number of benzene rings is 2. The van der Waals surface area contributed by atoms with Gasteiger partial charge in [-0.1, -0.05) is 6.07 Å². The Morgan fingerprint density at radius 3 is 2.58 bits per heavy atom. The second kappa shape index (κ2) is 9.05. The van der Waals surface area contributed by atoms with Gasteiger partial charge >= 0.3 is 0 Å². The lowest BCUT2D eigenvalue weighted by atomic mass is 10.1. The molecular weight excluding hydrogens is 340 g/mol. The Labute approximate surface area is 150 Å². The van der Waals surface area contributed by atoms with Crippen molar-refractivity contribution in [3.63, 3.8) is 0 Å². The molecule has 5 nitrogen and oxygen atoms in total. The molecule has 0 saturated heterocycles. The fourth-order valence-electron chi connectivity index (χ4n) is 2.43. The SMILES string of the molecule is CCNC(=O)c1cccc(NC(=O)C[NH2+][C@@H](C)c2ccc(F)c(F)c2)c1. The molecule has 1 atom stereocenters. The summed E-state index contributed by atoms with van der Waals surface area (Å²) in [6.07, 6.45) is 0. The minimum absolute atomic E-state index is 0.103. The molecule has 2 aromatic rings. The maximum Gasteiger partial charge on any atom is 0.279 e. The van der Waals surface area contributed by atoms with E-state index in [1.165, 1.54) is 6.07 Å². The quantitative estimate of drug-likeness (QED) is 0.705. The molecule has 7 heteroatoms. The second-order valence-corrected chi connectivity index (χ2v) is 5.89. The molecule has 0 saturated carbocycles. The first kappa shape index (κ1) is 19.5. The van der Waals surface area contributed by atoms with E-state index < -0.39 is 11.6 Å². The lowest BCUT2D eigenvalue weighted by molar-refractivity contribution is -0.682. The molecule has 0 spiro atoms. The van der Waals surface area contributed by atoms with E-state index in [-0.39, 0.29) is 24.4 Å². The highest BCUT2D eigenvalue weighted by Crippen LogP contribution is 2.13. The molecule has 0 aliphatic rings. The minimum Gasteiger partial charge on any atom is -0.352 e. The number of nitrogens with one attached hydrogen (secondary N) is 2. The number of halogens is 2. The predicted molar refractivity (Wildman–Crippen MR) is 94.6 cm³/mol. The van der Waals surface area contributed by atoms with E-state index in [9.17, 15) is 18.4 Å². The van der Waals surface area contributed by atoms with Crippen LogP contribution in [0.3, 0.4) is 0 Å². The summed E-state index contributed by atoms with van der Waals surface area (Å²) in [4.78, 5) is 23.9. The predicted octanol–water partition coefficient (Wildman–Crippen LogP) is 1.98. The summed E-state index contributed by atoms with van der Waals surface area (Å²) in [7, 11) is 0. The van der Waals surface area contributed by atoms with Crippen molar-refractivity contribution in [2.24, 2.45) is 0 Å². The lowest BCUT2D eigenvalue weighted by Crippen LogP contribution is -2.86. The fourth-order valence-corrected chi connectivity index (χ4v) is 2.43. The largest absolute Gasteiger partial charge is 0.352 e. The molecule has 0 bridgehead atoms. The Kier molecular flexibility index (Phi) is 6.80. The van der Waals surface area contributed by atoms with Crippen LogP contribution < -0.4 is 16.0 Å². The van der Waals surface area contributed by atoms with Gasteiger partial charge in [0.25, 0.3) is 11.8 Å². The van der Waals surface area contributed by atoms with Crippen molar-refractivity contribution in [3.05, 3.63) is 65.2 Å². The van der Waals surface area contributed by atoms with Crippen LogP contribution in [0.2, 0.25) is 0 Å². The number of hydrogen-bond acceptors (Lipinski definition) is 2. The maximum absolute atomic E-state index is 13.3. The van der Waals surface area contributed by atoms with Crippen LogP contribution in [0, 0.1) is 11.6 Å². The highest BCUT2D eigenvalue weighted by atomic mass is 19.2. The Bertz CT molecular complexity index is 796. The van der Waals surface area contributed by atoms with Crippen LogP contribution >= 0.6 is 0 Å². The zero-order chi connectivity index (χ0) is 19.1. The van der Waals surface area contributed by atoms with Crippen LogP contribution in [0.4, 0.5) is 14.5 Å². The van der Waals surface area contributed by atoms with Crippen LogP contribution in [0.15, 0.2) is 42.5 Å². The van der Waals surface area contributed by atoms with Crippen LogP contribution in [0.1, 0.15) is 35.8 Å². The third kappa shape index (κ3) is 5.35. The van der Waals surface area contributed by atoms with Crippen LogP contribution in [0.25, 0.3) is 0 Å². The van der Waals surface area contributed by atoms with Crippen LogP contribution in [-0.4, -0.2) is 24.9 Å². The third-order valence-electron chi connectivity index (χ3n) is 3.87. The molecule has 2 amide bonds. The topological polar surface area (TPSA) is 74.8 Å². The van der Waals surface area contributed by atoms with Gasteiger partial charge in [-0.2, -0.15) is 0 Å². The van der Waals surface area contributed by atoms with Crippen molar-refractivity contribution in [3.8, 4) is 0 Å². The molecule has 0 unspecified atom stereocenters. The number of anilines is 1. The van der Waals surface area contributed by atoms with Crippen molar-refractivity contribution < 1.29 is 23.7 Å². The first-order valence-corrected chi connectivity index (χ1v) is 8.37. The van der Waals surface area contributed by atoms with E-state index in [2.05, 4.69) is 10.6 Å². The third-order valence-corrected chi connectivity index (χ3v) is 3.87. The number of nitrogens with two attached hydrogens (primary N) is 1. The van der Waals surface area contributed by atoms with Crippen molar-refractivity contribution in [2.75, 3.05) is 18.4 Å². The molecular formula is C19H22F2N3O2+. The minimum atomic E-state index is -0.908. The molecule has 2 aromatic carbocycles. The highest BCUT2D eigenvalue weighted by Gasteiger charge is 2.14. The van der Waals surface area contributed by atoms with Crippen molar-refractivity contribution in [1.82, 2.24) is 5.32 Å². The fraction of sp³-hybridized carbons (Fsp3) is 0.263. The number of amides is 2. The van der Waals surface area contributed by atoms with Gasteiger partial charge < -0.3 is 16.0 Å². The summed E-state index contributed by atoms with van der Waals surface area (Å²) in [5.74, 6) is -2.27. The summed E-state index contributed by atoms with van der Waals surface area (Å²) >= 11 is 0. The van der Waals surface area contributed by atoms with Crippen molar-refractivity contribution >= 4 is 17.5 Å². The van der Waals surface area contributed by atoms with E-state index in [0.717, 1.165) is 12.1 Å². The second-order valence-electron chi connectivity index (χ2n) is 5.89. The Morgan fingerprint density at radius 2 is 1.88 bits per heavy atom. The molecule has 138 valence electrons. The van der Waals surface area contributed by atoms with E-state index in [4.69, 9.17) is 0 Å². The van der Waals surface area contributed by atoms with Gasteiger partial charge in [-0.05, 0) is 50.2 Å². The molecule has 26 heavy (non-hydrogen) atoms. The van der Waals surface area contributed by atoms with E-state index in [1.807, 2.05) is 6.92 Å². The first-order chi connectivity index (χ1) is 12.4. The van der Waals surface area contributed by atoms with Gasteiger partial charge in [0.05, 0.1) is 0 Å². The van der Waals surface area contributed by atoms with Gasteiger partial charge in [-0.25, -0.2) is 8.78 Å². The zero-order valence-corrected chi connectivity index (χ0v) is 14.7. The van der Waals surface area contributed by atoms with Gasteiger partial charge in [0, 0.05) is 23.4 Å². The molecule has 0 fully saturated rings. The van der Waals surface area contributed by atoms with Gasteiger partial charge in [0.2, 0.25) is 0 Å². The average molecular weight is 362 g/mol. The van der Waals surface area contributed by atoms with E-state index in [1.54, 1.807) is 36.5 Å². The smallest absolute Gasteiger partial charge is 0.279 e. The molecule has 0 radical (unpaired) electrons. The molecule has 0 heterocycles. The Balaban J connectivity index is 1.91. The van der Waals surface area contributed by atoms with Gasteiger partial charge in [0.15, 0.2) is 18.2 Å². The summed E-state index contributed by atoms with van der Waals surface area (Å²) < 4.78 is 26.3. The van der Waals surface area contributed by atoms with Gasteiger partial charge in [-0.15, -0.1) is 0 Å². The van der Waals surface area contributed by atoms with Gasteiger partial charge in [-0.3, -0.25) is 9.59 Å². The summed E-state index contributed by atoms with van der Waals surface area (Å²) in [5, 5.41) is 7.13. The number of hydrogen-bond donors (Lipinski definition) is 3. The Hall–Kier alpha value is -2.80. The summed E-state index contributed by atoms with van der Waals surface area (Å²) in [6, 6.07) is 10.1. The molecule has 0 aromatic heterocycles. The molecule has 0 aliphatic carbocycles. The molecule has 2 rings (SSSR count). The molecule has 4 N–H and O–H groups in total. The first-order valence-electron chi connectivity index (χ1n) is 8.37. The van der Waals surface area contributed by atoms with Crippen LogP contribution in [0.5, 0.6) is 0 Å². The van der Waals surface area contributed by atoms with E-state index >= 15 is 0 Å². The number of quaternary nitrogens is 1. The average Bonchev–Trinajstić information content (AvgIpc) is 2.62. The number of carbonyl (C=O) groups is 2. The van der Waals surface area contributed by atoms with Crippen molar-refractivity contribution in [2.45, 2.75) is 19.9 Å². The lowest BCUT2D eigenvalue weighted by Gasteiger charge is -2.12. The van der Waals surface area contributed by atoms with Crippen molar-refractivity contribution in [1.29, 1.82) is 0 Å². The highest BCUT2D eigenvalue weighted by molar-refractivity contribution is 5.97. The Morgan fingerprint density at radius 1 is 1.12 bits per heavy atom. The van der Waals surface area contributed by atoms with Gasteiger partial charge in [0.1, 0.15) is 6.04 Å². The summed E-state index contributed by atoms with van der Waals surface area (Å²) in [6.45, 7) is 4.25. The molecule has 0 aliphatic heterocycles. The summed E-state index contributed by atoms with van der Waals surface area (Å²) in [5.41, 5.74) is 1.58. The maximum atomic E-state index is 13.3. The van der Waals surface area contributed by atoms with Crippen LogP contribution in [-0.2, 0) is 4.79 Å². The number of carbonyl (C=O) groups excluding carboxylic acids is 2.